The first kappa shape index (κ1) is 22.3. The molecule has 1 fully saturated rings. The summed E-state index contributed by atoms with van der Waals surface area (Å²) in [4.78, 5) is 28.3. The fraction of sp³-hybridized carbons (Fsp3) is 0.360. The summed E-state index contributed by atoms with van der Waals surface area (Å²) in [5, 5.41) is 9.60. The van der Waals surface area contributed by atoms with E-state index in [0.717, 1.165) is 57.2 Å². The van der Waals surface area contributed by atoms with Crippen molar-refractivity contribution in [1.29, 1.82) is 0 Å². The lowest BCUT2D eigenvalue weighted by atomic mass is 9.99. The quantitative estimate of drug-likeness (QED) is 0.420. The van der Waals surface area contributed by atoms with E-state index in [1.807, 2.05) is 0 Å². The molecule has 2 aliphatic rings. The number of carboxylic acid groups (broad SMARTS) is 1. The van der Waals surface area contributed by atoms with Crippen LogP contribution >= 0.6 is 23.1 Å². The van der Waals surface area contributed by atoms with E-state index in [9.17, 15) is 14.7 Å². The van der Waals surface area contributed by atoms with E-state index in [1.165, 1.54) is 4.88 Å². The third-order valence-electron chi connectivity index (χ3n) is 5.93. The summed E-state index contributed by atoms with van der Waals surface area (Å²) in [6.45, 7) is 3.27. The molecule has 1 aromatic carbocycles. The second-order valence-corrected chi connectivity index (χ2v) is 10.7. The van der Waals surface area contributed by atoms with Gasteiger partial charge in [0.1, 0.15) is 11.3 Å². The SMILES string of the molecule is COCCCOc1cc2c(cc1-c1ccc(C)s1)-c1c(cc(C(=O)O)c(=O)n1C1CC1)CS2. The standard InChI is InChI=1S/C25H25NO5S2/c1-14-4-7-21(33-14)17-11-18-22(12-20(17)31-9-3-8-30-2)32-13-15-10-19(25(28)29)24(27)26(23(15)18)16-5-6-16/h4,7,10-12,16H,3,5-6,8-9,13H2,1-2H3,(H,28,29). The summed E-state index contributed by atoms with van der Waals surface area (Å²) < 4.78 is 13.1. The molecule has 5 rings (SSSR count). The normalized spacial score (nSPS) is 14.6. The minimum atomic E-state index is -1.16. The van der Waals surface area contributed by atoms with Crippen LogP contribution in [0.1, 0.15) is 46.1 Å². The van der Waals surface area contributed by atoms with Crippen molar-refractivity contribution in [2.24, 2.45) is 0 Å². The van der Waals surface area contributed by atoms with Gasteiger partial charge in [0.25, 0.3) is 5.56 Å². The number of hydrogen-bond donors (Lipinski definition) is 1. The molecule has 1 aliphatic carbocycles. The lowest BCUT2D eigenvalue weighted by Gasteiger charge is -2.26. The molecule has 0 atom stereocenters. The molecule has 0 radical (unpaired) electrons. The molecule has 0 unspecified atom stereocenters. The summed E-state index contributed by atoms with van der Waals surface area (Å²) in [5.41, 5.74) is 3.19. The first-order valence-electron chi connectivity index (χ1n) is 11.0. The number of carbonyl (C=O) groups is 1. The van der Waals surface area contributed by atoms with Gasteiger partial charge in [0.15, 0.2) is 0 Å². The number of carboxylic acids is 1. The number of benzene rings is 1. The molecule has 0 amide bonds. The molecule has 1 N–H and O–H groups in total. The summed E-state index contributed by atoms with van der Waals surface area (Å²) in [5.74, 6) is 0.281. The van der Waals surface area contributed by atoms with Crippen molar-refractivity contribution in [2.75, 3.05) is 20.3 Å². The van der Waals surface area contributed by atoms with Gasteiger partial charge in [-0.25, -0.2) is 4.79 Å². The van der Waals surface area contributed by atoms with Crippen LogP contribution in [0.2, 0.25) is 0 Å². The van der Waals surface area contributed by atoms with Crippen LogP contribution in [0.15, 0.2) is 40.0 Å². The first-order chi connectivity index (χ1) is 16.0. The van der Waals surface area contributed by atoms with E-state index in [-0.39, 0.29) is 11.6 Å². The fourth-order valence-electron chi connectivity index (χ4n) is 4.24. The number of methoxy groups -OCH3 is 1. The van der Waals surface area contributed by atoms with E-state index in [0.29, 0.717) is 19.0 Å². The van der Waals surface area contributed by atoms with Crippen molar-refractivity contribution in [1.82, 2.24) is 4.57 Å². The predicted molar refractivity (Wildman–Crippen MR) is 131 cm³/mol. The summed E-state index contributed by atoms with van der Waals surface area (Å²) in [7, 11) is 1.68. The highest BCUT2D eigenvalue weighted by Gasteiger charge is 2.33. The maximum Gasteiger partial charge on any atom is 0.341 e. The van der Waals surface area contributed by atoms with Gasteiger partial charge in [-0.2, -0.15) is 0 Å². The van der Waals surface area contributed by atoms with E-state index < -0.39 is 11.5 Å². The Morgan fingerprint density at radius 1 is 1.18 bits per heavy atom. The van der Waals surface area contributed by atoms with Gasteiger partial charge in [-0.3, -0.25) is 4.79 Å². The van der Waals surface area contributed by atoms with Crippen molar-refractivity contribution in [2.45, 2.75) is 42.9 Å². The highest BCUT2D eigenvalue weighted by molar-refractivity contribution is 7.98. The second kappa shape index (κ2) is 9.00. The smallest absolute Gasteiger partial charge is 0.341 e. The molecule has 0 spiro atoms. The Kier molecular flexibility index (Phi) is 6.07. The Balaban J connectivity index is 1.68. The van der Waals surface area contributed by atoms with Crippen LogP contribution in [0.3, 0.4) is 0 Å². The van der Waals surface area contributed by atoms with Crippen molar-refractivity contribution in [3.8, 4) is 27.4 Å². The average Bonchev–Trinajstić information content (AvgIpc) is 3.54. The molecule has 8 heteroatoms. The van der Waals surface area contributed by atoms with Gasteiger partial charge >= 0.3 is 5.97 Å². The van der Waals surface area contributed by atoms with Crippen molar-refractivity contribution >= 4 is 29.1 Å². The number of thiophene rings is 1. The van der Waals surface area contributed by atoms with E-state index >= 15 is 0 Å². The number of nitrogens with zero attached hydrogens (tertiary/aromatic N) is 1. The lowest BCUT2D eigenvalue weighted by Crippen LogP contribution is -2.29. The lowest BCUT2D eigenvalue weighted by molar-refractivity contribution is 0.0694. The topological polar surface area (TPSA) is 77.8 Å². The Hall–Kier alpha value is -2.55. The Morgan fingerprint density at radius 2 is 2.00 bits per heavy atom. The molecule has 0 bridgehead atoms. The summed E-state index contributed by atoms with van der Waals surface area (Å²) in [6, 6.07) is 10.0. The number of rotatable bonds is 8. The monoisotopic (exact) mass is 483 g/mol. The van der Waals surface area contributed by atoms with Crippen LogP contribution in [0.5, 0.6) is 5.75 Å². The van der Waals surface area contributed by atoms with Crippen molar-refractivity contribution in [3.05, 3.63) is 56.7 Å². The van der Waals surface area contributed by atoms with Gasteiger partial charge in [0.05, 0.1) is 12.3 Å². The maximum absolute atomic E-state index is 13.1. The molecule has 3 heterocycles. The van der Waals surface area contributed by atoms with Crippen LogP contribution in [0, 0.1) is 6.92 Å². The predicted octanol–water partition coefficient (Wildman–Crippen LogP) is 5.61. The van der Waals surface area contributed by atoms with Crippen LogP contribution in [-0.4, -0.2) is 36.0 Å². The van der Waals surface area contributed by atoms with Gasteiger partial charge in [0.2, 0.25) is 0 Å². The molecule has 3 aromatic rings. The number of hydrogen-bond acceptors (Lipinski definition) is 6. The van der Waals surface area contributed by atoms with Crippen LogP contribution in [-0.2, 0) is 10.5 Å². The molecule has 172 valence electrons. The molecule has 0 saturated heterocycles. The largest absolute Gasteiger partial charge is 0.493 e. The van der Waals surface area contributed by atoms with Crippen LogP contribution < -0.4 is 10.3 Å². The average molecular weight is 484 g/mol. The fourth-order valence-corrected chi connectivity index (χ4v) is 6.16. The van der Waals surface area contributed by atoms with Crippen molar-refractivity contribution in [3.63, 3.8) is 0 Å². The molecule has 1 saturated carbocycles. The van der Waals surface area contributed by atoms with Crippen LogP contribution in [0.25, 0.3) is 21.7 Å². The van der Waals surface area contributed by atoms with Crippen molar-refractivity contribution < 1.29 is 19.4 Å². The Morgan fingerprint density at radius 3 is 2.67 bits per heavy atom. The zero-order chi connectivity index (χ0) is 23.1. The highest BCUT2D eigenvalue weighted by Crippen LogP contribution is 2.49. The Labute approximate surface area is 200 Å². The summed E-state index contributed by atoms with van der Waals surface area (Å²) in [6.07, 6.45) is 2.59. The van der Waals surface area contributed by atoms with E-state index in [2.05, 4.69) is 31.2 Å². The summed E-state index contributed by atoms with van der Waals surface area (Å²) >= 11 is 3.36. The minimum Gasteiger partial charge on any atom is -0.493 e. The van der Waals surface area contributed by atoms with E-state index in [4.69, 9.17) is 9.47 Å². The van der Waals surface area contributed by atoms with E-state index in [1.54, 1.807) is 40.8 Å². The molecule has 2 aromatic heterocycles. The number of pyridine rings is 1. The number of aryl methyl sites for hydroxylation is 1. The zero-order valence-corrected chi connectivity index (χ0v) is 20.2. The third-order valence-corrected chi connectivity index (χ3v) is 8.07. The number of aromatic nitrogens is 1. The molecule has 6 nitrogen and oxygen atoms in total. The maximum atomic E-state index is 13.1. The van der Waals surface area contributed by atoms with Gasteiger partial charge in [-0.05, 0) is 55.7 Å². The first-order valence-corrected chi connectivity index (χ1v) is 12.8. The number of thioether (sulfide) groups is 1. The minimum absolute atomic E-state index is 0.0684. The Bertz CT molecular complexity index is 1290. The highest BCUT2D eigenvalue weighted by atomic mass is 32.2. The van der Waals surface area contributed by atoms with Gasteiger partial charge in [-0.1, -0.05) is 0 Å². The van der Waals surface area contributed by atoms with Crippen LogP contribution in [0.4, 0.5) is 0 Å². The molecule has 33 heavy (non-hydrogen) atoms. The van der Waals surface area contributed by atoms with Gasteiger partial charge < -0.3 is 19.1 Å². The second-order valence-electron chi connectivity index (χ2n) is 8.38. The molecule has 1 aliphatic heterocycles. The van der Waals surface area contributed by atoms with Gasteiger partial charge in [0, 0.05) is 57.7 Å². The van der Waals surface area contributed by atoms with Gasteiger partial charge in [-0.15, -0.1) is 23.1 Å². The number of fused-ring (bicyclic) bond motifs is 3. The molecular formula is C25H25NO5S2. The number of ether oxygens (including phenoxy) is 2. The molecular weight excluding hydrogens is 458 g/mol. The zero-order valence-electron chi connectivity index (χ0n) is 18.6. The third kappa shape index (κ3) is 4.23. The number of aromatic carboxylic acids is 1.